The summed E-state index contributed by atoms with van der Waals surface area (Å²) in [5.74, 6) is 0.656. The van der Waals surface area contributed by atoms with Crippen LogP contribution < -0.4 is 0 Å². The van der Waals surface area contributed by atoms with Crippen molar-refractivity contribution in [1.29, 1.82) is 0 Å². The van der Waals surface area contributed by atoms with Crippen LogP contribution in [-0.2, 0) is 6.16 Å². The molecule has 2 heteroatoms. The molecule has 0 aromatic heterocycles. The fourth-order valence-corrected chi connectivity index (χ4v) is 4.37. The third kappa shape index (κ3) is 4.08. The molecule has 0 bridgehead atoms. The van der Waals surface area contributed by atoms with Crippen molar-refractivity contribution in [2.24, 2.45) is 5.41 Å². The summed E-state index contributed by atoms with van der Waals surface area (Å²) in [6.07, 6.45) is 8.07. The van der Waals surface area contributed by atoms with Gasteiger partial charge in [0.05, 0.1) is 0 Å². The zero-order valence-electron chi connectivity index (χ0n) is 14.3. The third-order valence-corrected chi connectivity index (χ3v) is 5.82. The van der Waals surface area contributed by atoms with E-state index in [1.54, 1.807) is 5.56 Å². The molecule has 2 rings (SSSR count). The van der Waals surface area contributed by atoms with Crippen molar-refractivity contribution in [2.75, 3.05) is 20.6 Å². The first-order valence-electron chi connectivity index (χ1n) is 8.40. The monoisotopic (exact) mass is 305 g/mol. The van der Waals surface area contributed by atoms with E-state index in [1.165, 1.54) is 43.2 Å². The van der Waals surface area contributed by atoms with E-state index in [4.69, 9.17) is 0 Å². The molecule has 0 aliphatic heterocycles. The first kappa shape index (κ1) is 17.0. The summed E-state index contributed by atoms with van der Waals surface area (Å²) in [4.78, 5) is 2.37. The lowest BCUT2D eigenvalue weighted by Crippen LogP contribution is -2.35. The van der Waals surface area contributed by atoms with Gasteiger partial charge in [0, 0.05) is 12.5 Å². The fraction of sp³-hybridized carbons (Fsp3) is 0.684. The Kier molecular flexibility index (Phi) is 5.86. The zero-order valence-corrected chi connectivity index (χ0v) is 15.4. The number of benzene rings is 1. The van der Waals surface area contributed by atoms with Gasteiger partial charge in [-0.15, -0.1) is 9.24 Å². The van der Waals surface area contributed by atoms with Crippen LogP contribution in [0.15, 0.2) is 18.2 Å². The van der Waals surface area contributed by atoms with E-state index in [0.717, 1.165) is 12.7 Å². The average Bonchev–Trinajstić information content (AvgIpc) is 2.46. The molecule has 0 spiro atoms. The van der Waals surface area contributed by atoms with Gasteiger partial charge in [0.25, 0.3) is 0 Å². The molecule has 21 heavy (non-hydrogen) atoms. The Bertz CT molecular complexity index is 461. The number of likely N-dealkylation sites (N-methyl/N-ethyl adjacent to an activating group) is 1. The van der Waals surface area contributed by atoms with Crippen LogP contribution in [0.1, 0.15) is 61.6 Å². The summed E-state index contributed by atoms with van der Waals surface area (Å²) in [6.45, 7) is 5.92. The van der Waals surface area contributed by atoms with Crippen LogP contribution in [0.25, 0.3) is 0 Å². The van der Waals surface area contributed by atoms with E-state index in [2.05, 4.69) is 60.3 Å². The molecule has 0 heterocycles. The molecule has 0 radical (unpaired) electrons. The SMILES string of the molecule is Cc1ccc(C(CN(C)C)C2(C)CCCCC2)cc1CP. The lowest BCUT2D eigenvalue weighted by Gasteiger charge is -2.42. The highest BCUT2D eigenvalue weighted by atomic mass is 31.0. The summed E-state index contributed by atoms with van der Waals surface area (Å²) in [7, 11) is 7.31. The quantitative estimate of drug-likeness (QED) is 0.693. The zero-order chi connectivity index (χ0) is 15.5. The summed E-state index contributed by atoms with van der Waals surface area (Å²) < 4.78 is 0. The van der Waals surface area contributed by atoms with Crippen molar-refractivity contribution in [2.45, 2.75) is 58.0 Å². The van der Waals surface area contributed by atoms with Crippen LogP contribution >= 0.6 is 9.24 Å². The Morgan fingerprint density at radius 2 is 1.86 bits per heavy atom. The lowest BCUT2D eigenvalue weighted by molar-refractivity contribution is 0.143. The number of hydrogen-bond acceptors (Lipinski definition) is 1. The molecule has 1 aliphatic rings. The molecule has 1 fully saturated rings. The summed E-state index contributed by atoms with van der Waals surface area (Å²) in [6, 6.07) is 7.17. The molecule has 2 atom stereocenters. The van der Waals surface area contributed by atoms with Crippen molar-refractivity contribution >= 4 is 9.24 Å². The molecule has 118 valence electrons. The summed E-state index contributed by atoms with van der Waals surface area (Å²) >= 11 is 0. The number of aryl methyl sites for hydroxylation is 1. The van der Waals surface area contributed by atoms with Crippen molar-refractivity contribution in [3.63, 3.8) is 0 Å². The molecule has 1 aliphatic carbocycles. The Morgan fingerprint density at radius 3 is 2.43 bits per heavy atom. The number of rotatable bonds is 5. The molecular formula is C19H32NP. The molecule has 2 unspecified atom stereocenters. The van der Waals surface area contributed by atoms with Crippen LogP contribution in [0.2, 0.25) is 0 Å². The molecule has 1 aromatic carbocycles. The Labute approximate surface area is 133 Å². The highest BCUT2D eigenvalue weighted by molar-refractivity contribution is 7.15. The third-order valence-electron chi connectivity index (χ3n) is 5.38. The smallest absolute Gasteiger partial charge is 0.00494 e. The van der Waals surface area contributed by atoms with Gasteiger partial charge in [0.1, 0.15) is 0 Å². The number of nitrogens with zero attached hydrogens (tertiary/aromatic N) is 1. The van der Waals surface area contributed by atoms with Crippen molar-refractivity contribution in [1.82, 2.24) is 4.90 Å². The van der Waals surface area contributed by atoms with E-state index in [-0.39, 0.29) is 0 Å². The second kappa shape index (κ2) is 7.25. The van der Waals surface area contributed by atoms with Crippen molar-refractivity contribution in [3.05, 3.63) is 34.9 Å². The maximum Gasteiger partial charge on any atom is 0.00494 e. The van der Waals surface area contributed by atoms with Crippen LogP contribution in [0.5, 0.6) is 0 Å². The second-order valence-electron chi connectivity index (χ2n) is 7.42. The second-order valence-corrected chi connectivity index (χ2v) is 7.83. The number of hydrogen-bond donors (Lipinski definition) is 0. The molecule has 1 saturated carbocycles. The minimum absolute atomic E-state index is 0.468. The van der Waals surface area contributed by atoms with E-state index < -0.39 is 0 Å². The van der Waals surface area contributed by atoms with Gasteiger partial charge < -0.3 is 4.90 Å². The highest BCUT2D eigenvalue weighted by Crippen LogP contribution is 2.47. The summed E-state index contributed by atoms with van der Waals surface area (Å²) in [5.41, 5.74) is 4.93. The van der Waals surface area contributed by atoms with E-state index in [0.29, 0.717) is 11.3 Å². The molecule has 1 aromatic rings. The molecule has 1 nitrogen and oxygen atoms in total. The van der Waals surface area contributed by atoms with Gasteiger partial charge in [-0.3, -0.25) is 0 Å². The normalized spacial score (nSPS) is 19.7. The van der Waals surface area contributed by atoms with E-state index in [1.807, 2.05) is 0 Å². The van der Waals surface area contributed by atoms with Gasteiger partial charge >= 0.3 is 0 Å². The maximum absolute atomic E-state index is 2.88. The predicted octanol–water partition coefficient (Wildman–Crippen LogP) is 4.99. The van der Waals surface area contributed by atoms with Crippen molar-refractivity contribution in [3.8, 4) is 0 Å². The first-order valence-corrected chi connectivity index (χ1v) is 9.22. The van der Waals surface area contributed by atoms with Gasteiger partial charge in [0.15, 0.2) is 0 Å². The van der Waals surface area contributed by atoms with Gasteiger partial charge in [-0.25, -0.2) is 0 Å². The Morgan fingerprint density at radius 1 is 1.19 bits per heavy atom. The van der Waals surface area contributed by atoms with Crippen molar-refractivity contribution < 1.29 is 0 Å². The Balaban J connectivity index is 2.35. The minimum Gasteiger partial charge on any atom is -0.309 e. The van der Waals surface area contributed by atoms with Crippen LogP contribution in [0.4, 0.5) is 0 Å². The van der Waals surface area contributed by atoms with Crippen LogP contribution in [-0.4, -0.2) is 25.5 Å². The van der Waals surface area contributed by atoms with E-state index >= 15 is 0 Å². The Hall–Kier alpha value is -0.390. The predicted molar refractivity (Wildman–Crippen MR) is 97.1 cm³/mol. The molecular weight excluding hydrogens is 273 g/mol. The summed E-state index contributed by atoms with van der Waals surface area (Å²) in [5, 5.41) is 0. The lowest BCUT2D eigenvalue weighted by atomic mass is 9.64. The highest BCUT2D eigenvalue weighted by Gasteiger charge is 2.36. The van der Waals surface area contributed by atoms with Crippen LogP contribution in [0.3, 0.4) is 0 Å². The van der Waals surface area contributed by atoms with Gasteiger partial charge in [-0.1, -0.05) is 44.4 Å². The van der Waals surface area contributed by atoms with Gasteiger partial charge in [-0.05, 0) is 62.1 Å². The van der Waals surface area contributed by atoms with Gasteiger partial charge in [0.2, 0.25) is 0 Å². The maximum atomic E-state index is 2.88. The first-order chi connectivity index (χ1) is 9.96. The average molecular weight is 305 g/mol. The molecule has 0 amide bonds. The topological polar surface area (TPSA) is 3.24 Å². The van der Waals surface area contributed by atoms with Gasteiger partial charge in [-0.2, -0.15) is 0 Å². The molecule has 0 saturated heterocycles. The van der Waals surface area contributed by atoms with Crippen LogP contribution in [0, 0.1) is 12.3 Å². The standard InChI is InChI=1S/C19H32NP/c1-15-8-9-16(12-17(15)14-21)18(13-20(3)4)19(2)10-6-5-7-11-19/h8-9,12,18H,5-7,10-11,13-14,21H2,1-4H3. The van der Waals surface area contributed by atoms with E-state index in [9.17, 15) is 0 Å². The molecule has 0 N–H and O–H groups in total. The largest absolute Gasteiger partial charge is 0.309 e. The minimum atomic E-state index is 0.468. The fourth-order valence-electron chi connectivity index (χ4n) is 3.93.